The molecule has 0 amide bonds. The normalized spacial score (nSPS) is 13.5. The number of nitrogens with one attached hydrogen (secondary N) is 2. The van der Waals surface area contributed by atoms with Gasteiger partial charge in [0.25, 0.3) is 0 Å². The summed E-state index contributed by atoms with van der Waals surface area (Å²) >= 11 is 0. The monoisotopic (exact) mass is 976 g/mol. The molecule has 2 aliphatic rings. The molecule has 0 atom stereocenters. The molecule has 0 saturated carbocycles. The van der Waals surface area contributed by atoms with Crippen molar-refractivity contribution < 1.29 is 0 Å². The molecule has 0 fully saturated rings. The number of aromatic nitrogens is 4. The minimum absolute atomic E-state index is 0.0943. The zero-order valence-electron chi connectivity index (χ0n) is 47.7. The molecule has 2 aliphatic heterocycles. The first-order valence-electron chi connectivity index (χ1n) is 26.7. The fraction of sp³-hybridized carbons (Fsp3) is 0.343. The summed E-state index contributed by atoms with van der Waals surface area (Å²) in [6, 6.07) is 39.0. The van der Waals surface area contributed by atoms with E-state index in [1.807, 2.05) is 0 Å². The van der Waals surface area contributed by atoms with Crippen molar-refractivity contribution in [2.24, 2.45) is 0 Å². The van der Waals surface area contributed by atoms with E-state index in [2.05, 4.69) is 262 Å². The highest BCUT2D eigenvalue weighted by atomic mass is 14.8. The van der Waals surface area contributed by atoms with E-state index in [4.69, 9.17) is 16.5 Å². The van der Waals surface area contributed by atoms with Gasteiger partial charge in [0.15, 0.2) is 0 Å². The van der Waals surface area contributed by atoms with Gasteiger partial charge in [0.1, 0.15) is 0 Å². The minimum Gasteiger partial charge on any atom is -0.354 e. The molecule has 4 nitrogen and oxygen atoms in total. The van der Waals surface area contributed by atoms with Crippen molar-refractivity contribution in [1.29, 1.82) is 0 Å². The fourth-order valence-corrected chi connectivity index (χ4v) is 10.1. The Kier molecular flexibility index (Phi) is 12.9. The molecule has 0 radical (unpaired) electrons. The smallest absolute Gasteiger partial charge is 0.0737 e. The molecular formula is C70H79N4-. The number of rotatable bonds is 5. The first-order valence-corrected chi connectivity index (χ1v) is 26.7. The summed E-state index contributed by atoms with van der Waals surface area (Å²) in [4.78, 5) is 19.6. The molecule has 8 bridgehead atoms. The summed E-state index contributed by atoms with van der Waals surface area (Å²) in [6.45, 7) is 47.6. The maximum atomic E-state index is 6.06. The first kappa shape index (κ1) is 52.1. The lowest BCUT2D eigenvalue weighted by atomic mass is 9.78. The number of hydrogen-bond acceptors (Lipinski definition) is 2. The van der Waals surface area contributed by atoms with Crippen LogP contribution in [0.4, 0.5) is 0 Å². The van der Waals surface area contributed by atoms with Gasteiger partial charge in [-0.15, -0.1) is 12.1 Å². The highest BCUT2D eigenvalue weighted by Crippen LogP contribution is 2.44. The molecule has 4 aromatic carbocycles. The van der Waals surface area contributed by atoms with Gasteiger partial charge in [0.2, 0.25) is 0 Å². The average Bonchev–Trinajstić information content (AvgIpc) is 4.16. The van der Waals surface area contributed by atoms with Crippen LogP contribution in [0.25, 0.3) is 97.0 Å². The first-order chi connectivity index (χ1) is 34.4. The minimum atomic E-state index is -0.0960. The van der Waals surface area contributed by atoms with Crippen molar-refractivity contribution >= 4 is 52.4 Å². The van der Waals surface area contributed by atoms with Crippen molar-refractivity contribution in [3.05, 3.63) is 171 Å². The van der Waals surface area contributed by atoms with Gasteiger partial charge in [-0.2, -0.15) is 5.56 Å². The molecule has 9 rings (SSSR count). The lowest BCUT2D eigenvalue weighted by Gasteiger charge is -2.26. The molecule has 380 valence electrons. The Morgan fingerprint density at radius 1 is 0.311 bits per heavy atom. The molecule has 3 aromatic heterocycles. The van der Waals surface area contributed by atoms with E-state index in [0.717, 1.165) is 94.9 Å². The highest BCUT2D eigenvalue weighted by molar-refractivity contribution is 6.00. The maximum Gasteiger partial charge on any atom is 0.0737 e. The average molecular weight is 976 g/mol. The van der Waals surface area contributed by atoms with Gasteiger partial charge in [-0.25, -0.2) is 16.0 Å². The summed E-state index contributed by atoms with van der Waals surface area (Å²) in [5.74, 6) is 0. The zero-order chi connectivity index (χ0) is 53.7. The Morgan fingerprint density at radius 3 is 0.757 bits per heavy atom. The second-order valence-corrected chi connectivity index (χ2v) is 27.2. The van der Waals surface area contributed by atoms with E-state index in [9.17, 15) is 0 Å². The van der Waals surface area contributed by atoms with E-state index < -0.39 is 0 Å². The third kappa shape index (κ3) is 10.3. The van der Waals surface area contributed by atoms with E-state index in [0.29, 0.717) is 0 Å². The van der Waals surface area contributed by atoms with Gasteiger partial charge < -0.3 is 9.97 Å². The van der Waals surface area contributed by atoms with Crippen LogP contribution in [0.3, 0.4) is 0 Å². The van der Waals surface area contributed by atoms with Gasteiger partial charge in [-0.05, 0) is 137 Å². The van der Waals surface area contributed by atoms with Gasteiger partial charge in [0.05, 0.1) is 22.8 Å². The SMILES string of the molecule is [CH-]=Cc1ccc(-c2c3nc(c(-c4cc(C(C)(C)C)cc(C(C)(C)C)c4)c4ccc([nH]4)c(-c4cc(C(C)(C)C)cc(C(C)(C)C)c4)c4nc(c(-c5cc(C(C)(C)C)cc(C(C)(C)C)c5)c5ccc2[nH]5)C=C4)C=C3)cc1. The summed E-state index contributed by atoms with van der Waals surface area (Å²) in [7, 11) is 0. The summed E-state index contributed by atoms with van der Waals surface area (Å²) in [6.07, 6.45) is 10.5. The Labute approximate surface area is 443 Å². The molecule has 4 heteroatoms. The van der Waals surface area contributed by atoms with Crippen LogP contribution in [-0.2, 0) is 32.5 Å². The van der Waals surface area contributed by atoms with E-state index >= 15 is 0 Å². The largest absolute Gasteiger partial charge is 0.354 e. The topological polar surface area (TPSA) is 57.4 Å². The molecule has 0 aliphatic carbocycles. The van der Waals surface area contributed by atoms with Crippen LogP contribution in [0.5, 0.6) is 0 Å². The Balaban J connectivity index is 1.53. The Bertz CT molecular complexity index is 3420. The second-order valence-electron chi connectivity index (χ2n) is 27.2. The van der Waals surface area contributed by atoms with Crippen molar-refractivity contribution in [2.45, 2.75) is 157 Å². The summed E-state index contributed by atoms with van der Waals surface area (Å²) < 4.78 is 0. The second kappa shape index (κ2) is 18.3. The van der Waals surface area contributed by atoms with Gasteiger partial charge in [-0.3, -0.25) is 6.58 Å². The van der Waals surface area contributed by atoms with E-state index in [1.54, 1.807) is 6.08 Å². The molecule has 0 saturated heterocycles. The van der Waals surface area contributed by atoms with Gasteiger partial charge in [-0.1, -0.05) is 191 Å². The van der Waals surface area contributed by atoms with Crippen molar-refractivity contribution in [3.63, 3.8) is 0 Å². The highest BCUT2D eigenvalue weighted by Gasteiger charge is 2.28. The van der Waals surface area contributed by atoms with Crippen LogP contribution in [-0.4, -0.2) is 19.9 Å². The predicted molar refractivity (Wildman–Crippen MR) is 322 cm³/mol. The maximum absolute atomic E-state index is 6.06. The van der Waals surface area contributed by atoms with Crippen molar-refractivity contribution in [1.82, 2.24) is 19.9 Å². The summed E-state index contributed by atoms with van der Waals surface area (Å²) in [5, 5.41) is 0. The third-order valence-corrected chi connectivity index (χ3v) is 15.0. The van der Waals surface area contributed by atoms with Crippen LogP contribution in [0.1, 0.15) is 186 Å². The van der Waals surface area contributed by atoms with Gasteiger partial charge in [0, 0.05) is 44.3 Å². The molecule has 2 N–H and O–H groups in total. The number of benzene rings is 4. The number of nitrogens with zero attached hydrogens (tertiary/aromatic N) is 2. The van der Waals surface area contributed by atoms with Crippen LogP contribution in [0.15, 0.2) is 103 Å². The molecule has 0 spiro atoms. The van der Waals surface area contributed by atoms with E-state index in [-0.39, 0.29) is 32.5 Å². The molecular weight excluding hydrogens is 897 g/mol. The zero-order valence-corrected chi connectivity index (χ0v) is 47.7. The van der Waals surface area contributed by atoms with Crippen LogP contribution in [0.2, 0.25) is 0 Å². The lowest BCUT2D eigenvalue weighted by molar-refractivity contribution is 0.568. The number of fused-ring (bicyclic) bond motifs is 8. The third-order valence-electron chi connectivity index (χ3n) is 15.0. The number of hydrogen-bond donors (Lipinski definition) is 2. The lowest BCUT2D eigenvalue weighted by Crippen LogP contribution is -2.16. The molecule has 7 aromatic rings. The Morgan fingerprint density at radius 2 is 0.541 bits per heavy atom. The van der Waals surface area contributed by atoms with Crippen molar-refractivity contribution in [2.75, 3.05) is 0 Å². The fourth-order valence-electron chi connectivity index (χ4n) is 10.1. The van der Waals surface area contributed by atoms with E-state index in [1.165, 1.54) is 33.4 Å². The molecule has 0 unspecified atom stereocenters. The Hall–Kier alpha value is -6.78. The quantitative estimate of drug-likeness (QED) is 0.169. The number of H-pyrrole nitrogens is 2. The van der Waals surface area contributed by atoms with Gasteiger partial charge >= 0.3 is 0 Å². The van der Waals surface area contributed by atoms with Crippen molar-refractivity contribution in [3.8, 4) is 44.5 Å². The van der Waals surface area contributed by atoms with Crippen LogP contribution < -0.4 is 0 Å². The standard InChI is InChI=1S/C70H79N4/c1-20-42-21-23-43(24-22-42)61-53-25-27-55(71-53)62(44-33-47(65(2,3)4)39-48(34-44)66(5,6)7)57-29-31-59(73-57)64(46-37-51(69(14,15)16)41-52(38-46)70(17,18)19)60-32-30-58(74-60)63(56-28-26-54(61)72-56)45-35-49(67(8,9)10)40-50(36-45)68(11,12)13/h1,20-41,71,74H,2-19H3/q-1. The summed E-state index contributed by atoms with van der Waals surface area (Å²) in [5.41, 5.74) is 24.1. The van der Waals surface area contributed by atoms with Crippen LogP contribution in [0, 0.1) is 6.58 Å². The number of aromatic amines is 2. The van der Waals surface area contributed by atoms with Crippen LogP contribution >= 0.6 is 0 Å². The molecule has 5 heterocycles. The predicted octanol–water partition coefficient (Wildman–Crippen LogP) is 19.6. The molecule has 74 heavy (non-hydrogen) atoms.